The minimum atomic E-state index is 0.303. The van der Waals surface area contributed by atoms with Crippen molar-refractivity contribution >= 4 is 5.96 Å². The lowest BCUT2D eigenvalue weighted by Crippen LogP contribution is -2.47. The fraction of sp³-hybridized carbons (Fsp3) is 0.643. The van der Waals surface area contributed by atoms with Gasteiger partial charge in [0.2, 0.25) is 0 Å². The number of fused-ring (bicyclic) bond motifs is 1. The third kappa shape index (κ3) is 4.29. The van der Waals surface area contributed by atoms with Gasteiger partial charge in [0.05, 0.1) is 13.1 Å². The van der Waals surface area contributed by atoms with E-state index in [0.717, 1.165) is 43.5 Å². The number of aliphatic imine (C=N–C) groups is 1. The lowest BCUT2D eigenvalue weighted by molar-refractivity contribution is 0.177. The van der Waals surface area contributed by atoms with Crippen LogP contribution in [0.15, 0.2) is 17.6 Å². The fourth-order valence-electron chi connectivity index (χ4n) is 2.34. The molecule has 0 saturated heterocycles. The Labute approximate surface area is 125 Å². The van der Waals surface area contributed by atoms with E-state index in [9.17, 15) is 0 Å². The maximum Gasteiger partial charge on any atom is 0.191 e. The number of rotatable bonds is 6. The van der Waals surface area contributed by atoms with E-state index in [-0.39, 0.29) is 0 Å². The summed E-state index contributed by atoms with van der Waals surface area (Å²) in [6.45, 7) is 8.44. The molecule has 1 aliphatic rings. The second kappa shape index (κ2) is 7.78. The van der Waals surface area contributed by atoms with Crippen LogP contribution in [0.25, 0.3) is 0 Å². The number of nitrogens with one attached hydrogen (secondary N) is 2. The molecule has 0 saturated carbocycles. The molecule has 21 heavy (non-hydrogen) atoms. The standard InChI is InChI=1S/C14H24N6O/c1-4-8-16-14(15-5-2)17-11-6-7-13-18-12(10-21-3)19-20(13)9-11/h4,11H,1,5-10H2,2-3H3,(H2,15,16,17). The van der Waals surface area contributed by atoms with Gasteiger partial charge >= 0.3 is 0 Å². The van der Waals surface area contributed by atoms with E-state index >= 15 is 0 Å². The largest absolute Gasteiger partial charge is 0.377 e. The molecule has 0 aliphatic carbocycles. The molecular weight excluding hydrogens is 268 g/mol. The molecule has 1 aromatic rings. The van der Waals surface area contributed by atoms with Crippen molar-refractivity contribution in [3.8, 4) is 0 Å². The van der Waals surface area contributed by atoms with Gasteiger partial charge in [-0.25, -0.2) is 14.7 Å². The van der Waals surface area contributed by atoms with Gasteiger partial charge in [-0.2, -0.15) is 5.10 Å². The predicted molar refractivity (Wildman–Crippen MR) is 82.2 cm³/mol. The summed E-state index contributed by atoms with van der Waals surface area (Å²) in [6.07, 6.45) is 3.71. The number of aryl methyl sites for hydroxylation is 1. The van der Waals surface area contributed by atoms with E-state index in [1.165, 1.54) is 0 Å². The normalized spacial score (nSPS) is 18.2. The lowest BCUT2D eigenvalue weighted by atomic mass is 10.1. The number of hydrogen-bond acceptors (Lipinski definition) is 4. The van der Waals surface area contributed by atoms with Crippen LogP contribution in [0.3, 0.4) is 0 Å². The molecule has 0 radical (unpaired) electrons. The first-order valence-corrected chi connectivity index (χ1v) is 7.34. The van der Waals surface area contributed by atoms with Gasteiger partial charge in [-0.15, -0.1) is 6.58 Å². The number of ether oxygens (including phenoxy) is 1. The first kappa shape index (κ1) is 15.5. The average Bonchev–Trinajstić information content (AvgIpc) is 2.87. The van der Waals surface area contributed by atoms with Crippen LogP contribution in [0, 0.1) is 0 Å². The zero-order valence-electron chi connectivity index (χ0n) is 12.8. The average molecular weight is 292 g/mol. The van der Waals surface area contributed by atoms with Crippen molar-refractivity contribution in [3.05, 3.63) is 24.3 Å². The number of aromatic nitrogens is 3. The molecule has 7 nitrogen and oxygen atoms in total. The van der Waals surface area contributed by atoms with E-state index in [4.69, 9.17) is 4.74 Å². The van der Waals surface area contributed by atoms with E-state index in [2.05, 4.69) is 39.2 Å². The maximum absolute atomic E-state index is 5.08. The van der Waals surface area contributed by atoms with Gasteiger partial charge in [-0.05, 0) is 13.3 Å². The van der Waals surface area contributed by atoms with Crippen molar-refractivity contribution in [1.82, 2.24) is 25.4 Å². The Bertz CT molecular complexity index is 496. The molecule has 1 atom stereocenters. The second-order valence-corrected chi connectivity index (χ2v) is 4.95. The monoisotopic (exact) mass is 292 g/mol. The summed E-state index contributed by atoms with van der Waals surface area (Å²) in [5.74, 6) is 2.61. The smallest absolute Gasteiger partial charge is 0.191 e. The summed E-state index contributed by atoms with van der Waals surface area (Å²) < 4.78 is 7.05. The van der Waals surface area contributed by atoms with Gasteiger partial charge in [0.15, 0.2) is 11.8 Å². The van der Waals surface area contributed by atoms with Crippen LogP contribution in [0.2, 0.25) is 0 Å². The van der Waals surface area contributed by atoms with Gasteiger partial charge in [0, 0.05) is 26.1 Å². The second-order valence-electron chi connectivity index (χ2n) is 4.95. The highest BCUT2D eigenvalue weighted by Crippen LogP contribution is 2.13. The van der Waals surface area contributed by atoms with Crippen LogP contribution in [0.1, 0.15) is 25.0 Å². The van der Waals surface area contributed by atoms with Gasteiger partial charge in [0.1, 0.15) is 12.4 Å². The van der Waals surface area contributed by atoms with Gasteiger partial charge in [-0.3, -0.25) is 0 Å². The zero-order chi connectivity index (χ0) is 15.1. The molecule has 1 unspecified atom stereocenters. The van der Waals surface area contributed by atoms with Crippen LogP contribution in [-0.4, -0.2) is 47.0 Å². The SMILES string of the molecule is C=CCN=C(NCC)NC1CCc2nc(COC)nn2C1. The summed E-state index contributed by atoms with van der Waals surface area (Å²) >= 11 is 0. The van der Waals surface area contributed by atoms with Crippen LogP contribution in [0.4, 0.5) is 0 Å². The molecule has 2 rings (SSSR count). The highest BCUT2D eigenvalue weighted by molar-refractivity contribution is 5.80. The quantitative estimate of drug-likeness (QED) is 0.453. The molecular formula is C14H24N6O. The van der Waals surface area contributed by atoms with Crippen molar-refractivity contribution in [3.63, 3.8) is 0 Å². The molecule has 2 N–H and O–H groups in total. The molecule has 0 fully saturated rings. The van der Waals surface area contributed by atoms with Crippen LogP contribution in [-0.2, 0) is 24.3 Å². The van der Waals surface area contributed by atoms with Crippen LogP contribution < -0.4 is 10.6 Å². The van der Waals surface area contributed by atoms with E-state index in [1.807, 2.05) is 4.68 Å². The molecule has 2 heterocycles. The molecule has 1 aromatic heterocycles. The highest BCUT2D eigenvalue weighted by Gasteiger charge is 2.22. The molecule has 0 aromatic carbocycles. The number of nitrogens with zero attached hydrogens (tertiary/aromatic N) is 4. The first-order valence-electron chi connectivity index (χ1n) is 7.34. The van der Waals surface area contributed by atoms with Crippen molar-refractivity contribution in [2.75, 3.05) is 20.2 Å². The molecule has 116 valence electrons. The molecule has 1 aliphatic heterocycles. The molecule has 0 bridgehead atoms. The fourth-order valence-corrected chi connectivity index (χ4v) is 2.34. The Hall–Kier alpha value is -1.89. The van der Waals surface area contributed by atoms with Crippen molar-refractivity contribution in [2.24, 2.45) is 4.99 Å². The van der Waals surface area contributed by atoms with E-state index in [1.54, 1.807) is 13.2 Å². The highest BCUT2D eigenvalue weighted by atomic mass is 16.5. The van der Waals surface area contributed by atoms with Gasteiger partial charge in [-0.1, -0.05) is 6.08 Å². The Balaban J connectivity index is 1.97. The number of guanidine groups is 1. The first-order chi connectivity index (χ1) is 10.3. The minimum absolute atomic E-state index is 0.303. The molecule has 0 spiro atoms. The predicted octanol–water partition coefficient (Wildman–Crippen LogP) is 0.480. The summed E-state index contributed by atoms with van der Waals surface area (Å²) in [6, 6.07) is 0.303. The van der Waals surface area contributed by atoms with E-state index in [0.29, 0.717) is 19.2 Å². The van der Waals surface area contributed by atoms with Crippen LogP contribution >= 0.6 is 0 Å². The summed E-state index contributed by atoms with van der Waals surface area (Å²) in [5.41, 5.74) is 0. The van der Waals surface area contributed by atoms with E-state index < -0.39 is 0 Å². The summed E-state index contributed by atoms with van der Waals surface area (Å²) in [7, 11) is 1.66. The number of methoxy groups -OCH3 is 1. The van der Waals surface area contributed by atoms with Gasteiger partial charge in [0.25, 0.3) is 0 Å². The molecule has 0 amide bonds. The third-order valence-electron chi connectivity index (χ3n) is 3.24. The Morgan fingerprint density at radius 1 is 1.62 bits per heavy atom. The van der Waals surface area contributed by atoms with Crippen LogP contribution in [0.5, 0.6) is 0 Å². The summed E-state index contributed by atoms with van der Waals surface area (Å²) in [5, 5.41) is 11.2. The topological polar surface area (TPSA) is 76.4 Å². The maximum atomic E-state index is 5.08. The Kier molecular flexibility index (Phi) is 5.74. The Morgan fingerprint density at radius 2 is 2.48 bits per heavy atom. The van der Waals surface area contributed by atoms with Crippen molar-refractivity contribution < 1.29 is 4.74 Å². The third-order valence-corrected chi connectivity index (χ3v) is 3.24. The van der Waals surface area contributed by atoms with Crippen molar-refractivity contribution in [2.45, 2.75) is 39.0 Å². The molecule has 7 heteroatoms. The van der Waals surface area contributed by atoms with Gasteiger partial charge < -0.3 is 15.4 Å². The Morgan fingerprint density at radius 3 is 3.19 bits per heavy atom. The lowest BCUT2D eigenvalue weighted by Gasteiger charge is -2.25. The number of hydrogen-bond donors (Lipinski definition) is 2. The van der Waals surface area contributed by atoms with Crippen molar-refractivity contribution in [1.29, 1.82) is 0 Å². The zero-order valence-corrected chi connectivity index (χ0v) is 12.8. The summed E-state index contributed by atoms with van der Waals surface area (Å²) in [4.78, 5) is 8.91. The minimum Gasteiger partial charge on any atom is -0.377 e.